The van der Waals surface area contributed by atoms with Crippen LogP contribution in [0.15, 0.2) is 36.4 Å². The summed E-state index contributed by atoms with van der Waals surface area (Å²) in [6.07, 6.45) is 1.83. The molecular formula is C23H30ClN3O3. The number of primary amides is 1. The highest BCUT2D eigenvalue weighted by molar-refractivity contribution is 5.85. The van der Waals surface area contributed by atoms with Gasteiger partial charge in [-0.3, -0.25) is 9.69 Å². The predicted octanol–water partition coefficient (Wildman–Crippen LogP) is 2.70. The average molecular weight is 432 g/mol. The number of fused-ring (bicyclic) bond motifs is 3. The Hall–Kier alpha value is -2.28. The summed E-state index contributed by atoms with van der Waals surface area (Å²) in [5.41, 5.74) is 17.0. The number of methoxy groups -OCH3 is 1. The number of aryl methyl sites for hydroxylation is 1. The monoisotopic (exact) mass is 431 g/mol. The van der Waals surface area contributed by atoms with Crippen molar-refractivity contribution in [3.63, 3.8) is 0 Å². The molecule has 1 saturated heterocycles. The Kier molecular flexibility index (Phi) is 6.91. The van der Waals surface area contributed by atoms with Crippen LogP contribution >= 0.6 is 12.4 Å². The largest absolute Gasteiger partial charge is 0.493 e. The molecule has 2 aliphatic rings. The molecule has 6 nitrogen and oxygen atoms in total. The van der Waals surface area contributed by atoms with Gasteiger partial charge in [0.25, 0.3) is 5.91 Å². The number of ether oxygens (including phenoxy) is 2. The second-order valence-electron chi connectivity index (χ2n) is 8.14. The van der Waals surface area contributed by atoms with Crippen molar-refractivity contribution in [3.05, 3.63) is 58.7 Å². The predicted molar refractivity (Wildman–Crippen MR) is 119 cm³/mol. The third kappa shape index (κ3) is 4.41. The first-order valence-electron chi connectivity index (χ1n) is 10.1. The van der Waals surface area contributed by atoms with Gasteiger partial charge in [0.2, 0.25) is 0 Å². The number of carbonyl (C=O) groups excluding carboxylic acids is 1. The van der Waals surface area contributed by atoms with Crippen molar-refractivity contribution in [1.29, 1.82) is 0 Å². The van der Waals surface area contributed by atoms with Crippen LogP contribution in [-0.2, 0) is 11.2 Å². The van der Waals surface area contributed by atoms with E-state index < -0.39 is 5.91 Å². The second-order valence-corrected chi connectivity index (χ2v) is 8.14. The summed E-state index contributed by atoms with van der Waals surface area (Å²) in [5.74, 6) is 1.03. The molecule has 0 radical (unpaired) electrons. The molecule has 2 aliphatic heterocycles. The number of amides is 1. The van der Waals surface area contributed by atoms with Crippen LogP contribution in [-0.4, -0.2) is 43.7 Å². The number of halogens is 1. The van der Waals surface area contributed by atoms with Gasteiger partial charge < -0.3 is 20.9 Å². The van der Waals surface area contributed by atoms with E-state index in [4.69, 9.17) is 20.9 Å². The highest BCUT2D eigenvalue weighted by Gasteiger charge is 2.38. The van der Waals surface area contributed by atoms with Gasteiger partial charge in [-0.25, -0.2) is 0 Å². The zero-order valence-corrected chi connectivity index (χ0v) is 18.3. The van der Waals surface area contributed by atoms with Crippen molar-refractivity contribution in [2.24, 2.45) is 11.5 Å². The first-order chi connectivity index (χ1) is 14.0. The summed E-state index contributed by atoms with van der Waals surface area (Å²) >= 11 is 0. The van der Waals surface area contributed by atoms with Crippen molar-refractivity contribution in [2.45, 2.75) is 37.8 Å². The van der Waals surface area contributed by atoms with Crippen LogP contribution < -0.4 is 20.9 Å². The van der Waals surface area contributed by atoms with Crippen molar-refractivity contribution in [3.8, 4) is 11.5 Å². The fourth-order valence-electron chi connectivity index (χ4n) is 4.74. The van der Waals surface area contributed by atoms with Crippen LogP contribution in [0.4, 0.5) is 0 Å². The number of rotatable bonds is 5. The molecule has 0 bridgehead atoms. The van der Waals surface area contributed by atoms with Gasteiger partial charge in [-0.1, -0.05) is 29.8 Å². The lowest BCUT2D eigenvalue weighted by atomic mass is 9.78. The number of carbonyl (C=O) groups is 1. The summed E-state index contributed by atoms with van der Waals surface area (Å²) < 4.78 is 11.1. The molecule has 0 unspecified atom stereocenters. The molecular weight excluding hydrogens is 402 g/mol. The minimum atomic E-state index is -0.503. The number of hydrogen-bond donors (Lipinski definition) is 2. The van der Waals surface area contributed by atoms with Crippen LogP contribution in [0.1, 0.15) is 40.6 Å². The lowest BCUT2D eigenvalue weighted by molar-refractivity contribution is -0.119. The minimum Gasteiger partial charge on any atom is -0.493 e. The molecule has 4 rings (SSSR count). The molecule has 2 aromatic carbocycles. The van der Waals surface area contributed by atoms with Crippen LogP contribution in [0, 0.1) is 6.92 Å². The Bertz CT molecular complexity index is 921. The van der Waals surface area contributed by atoms with Gasteiger partial charge in [-0.2, -0.15) is 0 Å². The minimum absolute atomic E-state index is 0. The molecule has 4 N–H and O–H groups in total. The summed E-state index contributed by atoms with van der Waals surface area (Å²) in [6, 6.07) is 13.1. The lowest BCUT2D eigenvalue weighted by Crippen LogP contribution is -2.49. The summed E-state index contributed by atoms with van der Waals surface area (Å²) in [4.78, 5) is 13.6. The summed E-state index contributed by atoms with van der Waals surface area (Å²) in [5, 5.41) is 0. The second kappa shape index (κ2) is 9.25. The fourth-order valence-corrected chi connectivity index (χ4v) is 4.74. The quantitative estimate of drug-likeness (QED) is 0.759. The van der Waals surface area contributed by atoms with Gasteiger partial charge in [0.05, 0.1) is 7.11 Å². The maximum Gasteiger partial charge on any atom is 0.255 e. The maximum atomic E-state index is 11.1. The molecule has 2 aromatic rings. The van der Waals surface area contributed by atoms with Gasteiger partial charge >= 0.3 is 0 Å². The molecule has 0 aromatic heterocycles. The van der Waals surface area contributed by atoms with E-state index in [0.29, 0.717) is 17.4 Å². The van der Waals surface area contributed by atoms with E-state index in [1.807, 2.05) is 12.1 Å². The highest BCUT2D eigenvalue weighted by atomic mass is 35.5. The first kappa shape index (κ1) is 22.4. The van der Waals surface area contributed by atoms with E-state index in [-0.39, 0.29) is 31.1 Å². The molecule has 1 amide bonds. The van der Waals surface area contributed by atoms with Crippen molar-refractivity contribution < 1.29 is 14.3 Å². The van der Waals surface area contributed by atoms with E-state index in [2.05, 4.69) is 36.1 Å². The molecule has 162 valence electrons. The van der Waals surface area contributed by atoms with Gasteiger partial charge in [-0.15, -0.1) is 12.4 Å². The molecule has 30 heavy (non-hydrogen) atoms. The van der Waals surface area contributed by atoms with Crippen molar-refractivity contribution in [1.82, 2.24) is 4.90 Å². The summed E-state index contributed by atoms with van der Waals surface area (Å²) in [6.45, 7) is 3.90. The van der Waals surface area contributed by atoms with E-state index in [1.54, 1.807) is 7.11 Å². The van der Waals surface area contributed by atoms with E-state index >= 15 is 0 Å². The number of benzene rings is 2. The van der Waals surface area contributed by atoms with E-state index in [9.17, 15) is 4.79 Å². The smallest absolute Gasteiger partial charge is 0.255 e. The van der Waals surface area contributed by atoms with Crippen LogP contribution in [0.3, 0.4) is 0 Å². The van der Waals surface area contributed by atoms with Crippen molar-refractivity contribution >= 4 is 18.3 Å². The molecule has 7 heteroatoms. The number of nitrogens with two attached hydrogens (primary N) is 2. The van der Waals surface area contributed by atoms with E-state index in [0.717, 1.165) is 25.9 Å². The highest BCUT2D eigenvalue weighted by Crippen LogP contribution is 2.44. The Morgan fingerprint density at radius 2 is 2.03 bits per heavy atom. The Morgan fingerprint density at radius 3 is 2.73 bits per heavy atom. The lowest BCUT2D eigenvalue weighted by Gasteiger charge is -2.46. The summed E-state index contributed by atoms with van der Waals surface area (Å²) in [7, 11) is 1.61. The Morgan fingerprint density at radius 1 is 1.23 bits per heavy atom. The number of hydrogen-bond acceptors (Lipinski definition) is 5. The molecule has 3 atom stereocenters. The maximum absolute atomic E-state index is 11.1. The first-order valence-corrected chi connectivity index (χ1v) is 10.1. The normalized spacial score (nSPS) is 23.0. The number of nitrogens with zero attached hydrogens (tertiary/aromatic N) is 1. The van der Waals surface area contributed by atoms with Crippen LogP contribution in [0.5, 0.6) is 11.5 Å². The van der Waals surface area contributed by atoms with Gasteiger partial charge in [-0.05, 0) is 48.6 Å². The van der Waals surface area contributed by atoms with Gasteiger partial charge in [0.1, 0.15) is 0 Å². The molecule has 0 aliphatic carbocycles. The van der Waals surface area contributed by atoms with Crippen LogP contribution in [0.2, 0.25) is 0 Å². The zero-order valence-electron chi connectivity index (χ0n) is 17.5. The topological polar surface area (TPSA) is 90.8 Å². The average Bonchev–Trinajstić information content (AvgIpc) is 2.71. The van der Waals surface area contributed by atoms with Crippen molar-refractivity contribution in [2.75, 3.05) is 26.8 Å². The number of piperidine rings is 1. The molecule has 1 fully saturated rings. The van der Waals surface area contributed by atoms with E-state index in [1.165, 1.54) is 22.3 Å². The third-order valence-corrected chi connectivity index (χ3v) is 6.18. The SMILES string of the molecule is COc1cc2c(cc1OCC(N)=O)CCN1C[C@@H](c3cccc(C)c3)[C@H](N)C[C@H]21.Cl. The Balaban J connectivity index is 0.00000256. The molecule has 0 spiro atoms. The van der Waals surface area contributed by atoms with Crippen LogP contribution in [0.25, 0.3) is 0 Å². The fraction of sp³-hybridized carbons (Fsp3) is 0.435. The van der Waals surface area contributed by atoms with Gasteiger partial charge in [0.15, 0.2) is 18.1 Å². The Labute approximate surface area is 183 Å². The zero-order chi connectivity index (χ0) is 20.5. The third-order valence-electron chi connectivity index (χ3n) is 6.18. The van der Waals surface area contributed by atoms with Gasteiger partial charge in [0, 0.05) is 31.1 Å². The molecule has 0 saturated carbocycles. The standard InChI is InChI=1S/C23H29N3O3.ClH/c1-14-4-3-5-15(8-14)18-12-26-7-6-16-9-22(29-13-23(25)27)21(28-2)10-17(16)20(26)11-19(18)24;/h3-5,8-10,18-20H,6-7,11-13,24H2,1-2H3,(H2,25,27);1H/t18-,19+,20+;/m0./s1. The molecule has 2 heterocycles.